The molecule has 0 saturated carbocycles. The van der Waals surface area contributed by atoms with Gasteiger partial charge in [0.15, 0.2) is 0 Å². The number of rotatable bonds is 6. The fourth-order valence-corrected chi connectivity index (χ4v) is 4.95. The molecule has 5 heterocycles. The molecule has 11 heteroatoms. The minimum Gasteiger partial charge on any atom is -0.357 e. The molecule has 2 saturated heterocycles. The first kappa shape index (κ1) is 23.5. The van der Waals surface area contributed by atoms with Crippen molar-refractivity contribution in [3.8, 4) is 6.07 Å². The van der Waals surface area contributed by atoms with Crippen molar-refractivity contribution in [2.45, 2.75) is 32.1 Å². The Labute approximate surface area is 209 Å². The molecule has 184 valence electrons. The average molecular weight is 485 g/mol. The molecular formula is C25H28N10O. The van der Waals surface area contributed by atoms with E-state index >= 15 is 0 Å². The van der Waals surface area contributed by atoms with Gasteiger partial charge in [0.25, 0.3) is 5.56 Å². The summed E-state index contributed by atoms with van der Waals surface area (Å²) in [6.45, 7) is 11.0. The highest BCUT2D eigenvalue weighted by Crippen LogP contribution is 2.28. The summed E-state index contributed by atoms with van der Waals surface area (Å²) < 4.78 is 0. The van der Waals surface area contributed by atoms with E-state index in [1.54, 1.807) is 6.20 Å². The minimum atomic E-state index is -0.360. The highest BCUT2D eigenvalue weighted by molar-refractivity contribution is 5.90. The van der Waals surface area contributed by atoms with E-state index < -0.39 is 0 Å². The van der Waals surface area contributed by atoms with Crippen LogP contribution in [0.15, 0.2) is 29.3 Å². The maximum Gasteiger partial charge on any atom is 0.277 e. The Bertz CT molecular complexity index is 1340. The molecule has 0 aliphatic carbocycles. The van der Waals surface area contributed by atoms with E-state index in [2.05, 4.69) is 46.2 Å². The van der Waals surface area contributed by atoms with Crippen LogP contribution in [-0.4, -0.2) is 57.9 Å². The van der Waals surface area contributed by atoms with E-state index in [0.29, 0.717) is 47.5 Å². The number of aromatic amines is 1. The summed E-state index contributed by atoms with van der Waals surface area (Å²) in [5.74, 6) is 2.73. The first-order valence-corrected chi connectivity index (χ1v) is 12.3. The highest BCUT2D eigenvalue weighted by atomic mass is 16.1. The molecule has 2 aliphatic heterocycles. The average Bonchev–Trinajstić information content (AvgIpc) is 2.90. The summed E-state index contributed by atoms with van der Waals surface area (Å²) in [6.07, 6.45) is 7.68. The quantitative estimate of drug-likeness (QED) is 0.507. The lowest BCUT2D eigenvalue weighted by Crippen LogP contribution is -2.35. The largest absolute Gasteiger partial charge is 0.357 e. The van der Waals surface area contributed by atoms with Crippen molar-refractivity contribution >= 4 is 34.2 Å². The zero-order valence-electron chi connectivity index (χ0n) is 20.0. The molecule has 0 radical (unpaired) electrons. The van der Waals surface area contributed by atoms with Crippen LogP contribution in [-0.2, 0) is 0 Å². The van der Waals surface area contributed by atoms with Gasteiger partial charge in [0, 0.05) is 38.5 Å². The van der Waals surface area contributed by atoms with Gasteiger partial charge in [-0.1, -0.05) is 0 Å². The number of fused-ring (bicyclic) bond motifs is 1. The van der Waals surface area contributed by atoms with Crippen molar-refractivity contribution in [3.63, 3.8) is 0 Å². The smallest absolute Gasteiger partial charge is 0.277 e. The number of piperidine rings is 2. The van der Waals surface area contributed by atoms with Crippen molar-refractivity contribution in [1.82, 2.24) is 25.1 Å². The first-order valence-electron chi connectivity index (χ1n) is 12.3. The molecule has 2 fully saturated rings. The fourth-order valence-electron chi connectivity index (χ4n) is 4.95. The number of H-pyrrole nitrogens is 1. The maximum atomic E-state index is 12.6. The summed E-state index contributed by atoms with van der Waals surface area (Å²) in [7, 11) is 0. The summed E-state index contributed by atoms with van der Waals surface area (Å²) in [4.78, 5) is 34.4. The van der Waals surface area contributed by atoms with E-state index in [1.165, 1.54) is 6.20 Å². The van der Waals surface area contributed by atoms with Gasteiger partial charge in [0.2, 0.25) is 12.5 Å². The molecule has 0 aromatic carbocycles. The lowest BCUT2D eigenvalue weighted by atomic mass is 9.94. The number of pyridine rings is 1. The van der Waals surface area contributed by atoms with Crippen molar-refractivity contribution in [1.29, 1.82) is 5.26 Å². The number of nitriles is 1. The minimum absolute atomic E-state index is 0.346. The Kier molecular flexibility index (Phi) is 6.89. The zero-order valence-corrected chi connectivity index (χ0v) is 20.0. The van der Waals surface area contributed by atoms with Gasteiger partial charge < -0.3 is 20.0 Å². The van der Waals surface area contributed by atoms with Crippen LogP contribution in [0.25, 0.3) is 15.7 Å². The molecule has 3 aromatic heterocycles. The van der Waals surface area contributed by atoms with Gasteiger partial charge in [-0.25, -0.2) is 21.6 Å². The Hall–Kier alpha value is -4.25. The maximum absolute atomic E-state index is 12.6. The van der Waals surface area contributed by atoms with Crippen molar-refractivity contribution in [2.75, 3.05) is 47.8 Å². The van der Waals surface area contributed by atoms with Gasteiger partial charge in [-0.2, -0.15) is 15.3 Å². The molecule has 0 unspecified atom stereocenters. The number of hydrogen-bond acceptors (Lipinski definition) is 9. The van der Waals surface area contributed by atoms with Crippen LogP contribution >= 0.6 is 0 Å². The Morgan fingerprint density at radius 2 is 1.83 bits per heavy atom. The van der Waals surface area contributed by atoms with E-state index in [-0.39, 0.29) is 5.56 Å². The molecule has 0 bridgehead atoms. The van der Waals surface area contributed by atoms with Crippen LogP contribution in [0.3, 0.4) is 0 Å². The second-order valence-electron chi connectivity index (χ2n) is 9.43. The van der Waals surface area contributed by atoms with Crippen LogP contribution in [0.5, 0.6) is 0 Å². The number of anilines is 4. The Balaban J connectivity index is 1.35. The second-order valence-corrected chi connectivity index (χ2v) is 9.43. The Morgan fingerprint density at radius 3 is 2.53 bits per heavy atom. The number of nitrogens with zero attached hydrogens (tertiary/aromatic N) is 8. The molecule has 0 amide bonds. The SMILES string of the molecule is [C-]#[N+]CC1CCN(c2ccc(Nc3nc(N4CCC(CC#N)CC4)nc4cn[nH]c(=O)c34)cn2)CC1. The predicted molar refractivity (Wildman–Crippen MR) is 137 cm³/mol. The van der Waals surface area contributed by atoms with E-state index in [1.807, 2.05) is 12.1 Å². The number of aromatic nitrogens is 5. The third-order valence-electron chi connectivity index (χ3n) is 7.08. The van der Waals surface area contributed by atoms with Crippen molar-refractivity contribution < 1.29 is 0 Å². The molecule has 0 spiro atoms. The van der Waals surface area contributed by atoms with E-state index in [4.69, 9.17) is 16.8 Å². The van der Waals surface area contributed by atoms with Crippen LogP contribution < -0.4 is 20.7 Å². The molecular weight excluding hydrogens is 456 g/mol. The molecule has 36 heavy (non-hydrogen) atoms. The Morgan fingerprint density at radius 1 is 1.08 bits per heavy atom. The molecule has 11 nitrogen and oxygen atoms in total. The van der Waals surface area contributed by atoms with E-state index in [9.17, 15) is 4.79 Å². The van der Waals surface area contributed by atoms with Crippen LogP contribution in [0.1, 0.15) is 32.1 Å². The lowest BCUT2D eigenvalue weighted by molar-refractivity contribution is 0.409. The number of hydrogen-bond donors (Lipinski definition) is 2. The van der Waals surface area contributed by atoms with Gasteiger partial charge in [-0.3, -0.25) is 4.79 Å². The highest BCUT2D eigenvalue weighted by Gasteiger charge is 2.24. The van der Waals surface area contributed by atoms with Gasteiger partial charge in [-0.15, -0.1) is 0 Å². The summed E-state index contributed by atoms with van der Waals surface area (Å²) in [6, 6.07) is 6.17. The standard InChI is InChI=1S/C25H28N10O/c1-27-14-18-7-10-34(11-8-18)21-3-2-19(15-28-21)30-23-22-20(16-29-33-24(22)36)31-25(32-23)35-12-5-17(4-9-26)6-13-35/h2-3,15-18H,4-8,10-14H2,(H,33,36)(H,30,31,32). The van der Waals surface area contributed by atoms with Gasteiger partial charge in [0.1, 0.15) is 22.5 Å². The number of nitrogens with one attached hydrogen (secondary N) is 2. The van der Waals surface area contributed by atoms with Crippen molar-refractivity contribution in [3.05, 3.63) is 46.3 Å². The van der Waals surface area contributed by atoms with Crippen molar-refractivity contribution in [2.24, 2.45) is 11.8 Å². The second kappa shape index (κ2) is 10.6. The van der Waals surface area contributed by atoms with Crippen LogP contribution in [0.4, 0.5) is 23.3 Å². The first-order chi connectivity index (χ1) is 17.6. The molecule has 2 aliphatic rings. The third-order valence-corrected chi connectivity index (χ3v) is 7.08. The lowest BCUT2D eigenvalue weighted by Gasteiger charge is -2.31. The fraction of sp³-hybridized carbons (Fsp3) is 0.480. The molecule has 0 atom stereocenters. The molecule has 5 rings (SSSR count). The summed E-state index contributed by atoms with van der Waals surface area (Å²) in [5.41, 5.74) is 0.829. The normalized spacial score (nSPS) is 17.1. The molecule has 2 N–H and O–H groups in total. The van der Waals surface area contributed by atoms with Gasteiger partial charge >= 0.3 is 0 Å². The van der Waals surface area contributed by atoms with Gasteiger partial charge in [0.05, 0.1) is 24.2 Å². The van der Waals surface area contributed by atoms with Gasteiger partial charge in [-0.05, 0) is 43.7 Å². The molecule has 3 aromatic rings. The predicted octanol–water partition coefficient (Wildman–Crippen LogP) is 3.12. The third kappa shape index (κ3) is 5.05. The topological polar surface area (TPSA) is 131 Å². The van der Waals surface area contributed by atoms with Crippen LogP contribution in [0.2, 0.25) is 0 Å². The van der Waals surface area contributed by atoms with E-state index in [0.717, 1.165) is 63.4 Å². The summed E-state index contributed by atoms with van der Waals surface area (Å²) in [5, 5.41) is 19.0. The summed E-state index contributed by atoms with van der Waals surface area (Å²) >= 11 is 0. The zero-order chi connectivity index (χ0) is 24.9. The van der Waals surface area contributed by atoms with Crippen LogP contribution in [0, 0.1) is 29.7 Å². The monoisotopic (exact) mass is 484 g/mol.